The van der Waals surface area contributed by atoms with Gasteiger partial charge in [0.15, 0.2) is 0 Å². The molecular formula is C13H12F2N2O2. The van der Waals surface area contributed by atoms with Crippen molar-refractivity contribution in [1.82, 2.24) is 9.78 Å². The van der Waals surface area contributed by atoms with Crippen LogP contribution in [0.5, 0.6) is 0 Å². The van der Waals surface area contributed by atoms with Crippen molar-refractivity contribution in [2.75, 3.05) is 0 Å². The molecule has 0 amide bonds. The molecule has 0 aliphatic rings. The van der Waals surface area contributed by atoms with Crippen LogP contribution in [0.4, 0.5) is 8.78 Å². The molecule has 19 heavy (non-hydrogen) atoms. The highest BCUT2D eigenvalue weighted by Gasteiger charge is 2.16. The molecule has 4 nitrogen and oxygen atoms in total. The van der Waals surface area contributed by atoms with Crippen molar-refractivity contribution in [3.8, 4) is 5.69 Å². The smallest absolute Gasteiger partial charge is 0.310 e. The van der Waals surface area contributed by atoms with Crippen molar-refractivity contribution in [2.45, 2.75) is 19.3 Å². The van der Waals surface area contributed by atoms with Gasteiger partial charge in [-0.15, -0.1) is 0 Å². The summed E-state index contributed by atoms with van der Waals surface area (Å²) in [6.07, 6.45) is 0.407. The van der Waals surface area contributed by atoms with Gasteiger partial charge < -0.3 is 5.11 Å². The van der Waals surface area contributed by atoms with Gasteiger partial charge in [0.25, 0.3) is 6.43 Å². The molecule has 0 aliphatic carbocycles. The van der Waals surface area contributed by atoms with Gasteiger partial charge in [-0.1, -0.05) is 12.1 Å². The fraction of sp³-hybridized carbons (Fsp3) is 0.231. The minimum absolute atomic E-state index is 0.0965. The summed E-state index contributed by atoms with van der Waals surface area (Å²) in [5, 5.41) is 12.9. The van der Waals surface area contributed by atoms with Crippen LogP contribution in [-0.2, 0) is 4.79 Å². The summed E-state index contributed by atoms with van der Waals surface area (Å²) in [6.45, 7) is 1.54. The van der Waals surface area contributed by atoms with E-state index in [2.05, 4.69) is 5.10 Å². The number of aromatic nitrogens is 2. The summed E-state index contributed by atoms with van der Waals surface area (Å²) in [6, 6.07) is 5.80. The van der Waals surface area contributed by atoms with Crippen LogP contribution in [-0.4, -0.2) is 20.9 Å². The van der Waals surface area contributed by atoms with Crippen molar-refractivity contribution in [3.05, 3.63) is 47.8 Å². The molecule has 2 rings (SSSR count). The normalized spacial score (nSPS) is 12.6. The van der Waals surface area contributed by atoms with Crippen molar-refractivity contribution in [3.63, 3.8) is 0 Å². The van der Waals surface area contributed by atoms with E-state index in [0.717, 1.165) is 0 Å². The highest BCUT2D eigenvalue weighted by Crippen LogP contribution is 2.22. The molecule has 2 aromatic rings. The van der Waals surface area contributed by atoms with Crippen molar-refractivity contribution >= 4 is 5.97 Å². The molecule has 1 unspecified atom stereocenters. The Kier molecular flexibility index (Phi) is 3.59. The van der Waals surface area contributed by atoms with Gasteiger partial charge in [0.2, 0.25) is 0 Å². The first kappa shape index (κ1) is 13.2. The molecule has 6 heteroatoms. The Morgan fingerprint density at radius 1 is 1.37 bits per heavy atom. The third kappa shape index (κ3) is 2.78. The number of carbonyl (C=O) groups is 1. The average molecular weight is 266 g/mol. The first-order chi connectivity index (χ1) is 8.99. The topological polar surface area (TPSA) is 55.1 Å². The lowest BCUT2D eigenvalue weighted by molar-refractivity contribution is -0.138. The lowest BCUT2D eigenvalue weighted by atomic mass is 10.1. The molecule has 1 N–H and O–H groups in total. The fourth-order valence-electron chi connectivity index (χ4n) is 1.65. The highest BCUT2D eigenvalue weighted by atomic mass is 19.3. The van der Waals surface area contributed by atoms with Crippen LogP contribution in [0.1, 0.15) is 30.4 Å². The number of hydrogen-bond donors (Lipinski definition) is 1. The SMILES string of the molecule is CC(C(=O)O)c1cnn(-c2cccc(C(F)F)c2)c1. The molecule has 0 aliphatic heterocycles. The predicted molar refractivity (Wildman–Crippen MR) is 64.6 cm³/mol. The molecule has 1 aromatic carbocycles. The van der Waals surface area contributed by atoms with E-state index in [1.165, 1.54) is 35.3 Å². The third-order valence-corrected chi connectivity index (χ3v) is 2.86. The first-order valence-corrected chi connectivity index (χ1v) is 5.65. The molecule has 1 aromatic heterocycles. The van der Waals surface area contributed by atoms with Gasteiger partial charge in [-0.3, -0.25) is 4.79 Å². The lowest BCUT2D eigenvalue weighted by Gasteiger charge is -2.05. The van der Waals surface area contributed by atoms with E-state index >= 15 is 0 Å². The Labute approximate surface area is 108 Å². The zero-order valence-corrected chi connectivity index (χ0v) is 10.1. The standard InChI is InChI=1S/C13H12F2N2O2/c1-8(13(18)19)10-6-16-17(7-10)11-4-2-3-9(5-11)12(14)15/h2-8,12H,1H3,(H,18,19). The first-order valence-electron chi connectivity index (χ1n) is 5.65. The molecular weight excluding hydrogens is 254 g/mol. The van der Waals surface area contributed by atoms with Gasteiger partial charge in [0, 0.05) is 17.3 Å². The van der Waals surface area contributed by atoms with Crippen LogP contribution >= 0.6 is 0 Å². The van der Waals surface area contributed by atoms with Crippen molar-refractivity contribution in [1.29, 1.82) is 0 Å². The van der Waals surface area contributed by atoms with Crippen LogP contribution in [0.25, 0.3) is 5.69 Å². The number of alkyl halides is 2. The Balaban J connectivity index is 2.32. The number of carboxylic acid groups (broad SMARTS) is 1. The third-order valence-electron chi connectivity index (χ3n) is 2.86. The summed E-state index contributed by atoms with van der Waals surface area (Å²) < 4.78 is 26.6. The van der Waals surface area contributed by atoms with Gasteiger partial charge in [-0.2, -0.15) is 5.10 Å². The van der Waals surface area contributed by atoms with Crippen LogP contribution in [0.2, 0.25) is 0 Å². The molecule has 0 spiro atoms. The second-order valence-corrected chi connectivity index (χ2v) is 4.17. The fourth-order valence-corrected chi connectivity index (χ4v) is 1.65. The Morgan fingerprint density at radius 2 is 2.11 bits per heavy atom. The van der Waals surface area contributed by atoms with E-state index in [9.17, 15) is 13.6 Å². The molecule has 0 saturated heterocycles. The minimum atomic E-state index is -2.55. The number of halogens is 2. The molecule has 0 fully saturated rings. The number of aliphatic carboxylic acids is 1. The molecule has 100 valence electrons. The van der Waals surface area contributed by atoms with Gasteiger partial charge in [-0.25, -0.2) is 13.5 Å². The maximum atomic E-state index is 12.6. The average Bonchev–Trinajstić information content (AvgIpc) is 2.87. The Morgan fingerprint density at radius 3 is 2.74 bits per heavy atom. The molecule has 0 bridgehead atoms. The van der Waals surface area contributed by atoms with E-state index in [1.807, 2.05) is 0 Å². The summed E-state index contributed by atoms with van der Waals surface area (Å²) in [5.74, 6) is -1.65. The number of benzene rings is 1. The Bertz CT molecular complexity index is 596. The predicted octanol–water partition coefficient (Wildman–Crippen LogP) is 3.00. The van der Waals surface area contributed by atoms with Gasteiger partial charge in [0.05, 0.1) is 17.8 Å². The minimum Gasteiger partial charge on any atom is -0.481 e. The molecule has 1 heterocycles. The van der Waals surface area contributed by atoms with E-state index in [1.54, 1.807) is 13.0 Å². The second-order valence-electron chi connectivity index (χ2n) is 4.17. The van der Waals surface area contributed by atoms with Gasteiger partial charge in [-0.05, 0) is 19.1 Å². The van der Waals surface area contributed by atoms with Crippen LogP contribution in [0.3, 0.4) is 0 Å². The van der Waals surface area contributed by atoms with Crippen LogP contribution in [0.15, 0.2) is 36.7 Å². The number of carboxylic acids is 1. The van der Waals surface area contributed by atoms with Crippen LogP contribution in [0, 0.1) is 0 Å². The summed E-state index contributed by atoms with van der Waals surface area (Å²) >= 11 is 0. The van der Waals surface area contributed by atoms with Crippen molar-refractivity contribution in [2.24, 2.45) is 0 Å². The molecule has 0 radical (unpaired) electrons. The lowest BCUT2D eigenvalue weighted by Crippen LogP contribution is -2.06. The van der Waals surface area contributed by atoms with E-state index in [0.29, 0.717) is 11.3 Å². The van der Waals surface area contributed by atoms with E-state index in [-0.39, 0.29) is 5.56 Å². The number of nitrogens with zero attached hydrogens (tertiary/aromatic N) is 2. The zero-order valence-electron chi connectivity index (χ0n) is 10.1. The molecule has 1 atom stereocenters. The summed E-state index contributed by atoms with van der Waals surface area (Å²) in [4.78, 5) is 10.9. The summed E-state index contributed by atoms with van der Waals surface area (Å²) in [7, 11) is 0. The van der Waals surface area contributed by atoms with Crippen LogP contribution < -0.4 is 0 Å². The van der Waals surface area contributed by atoms with Gasteiger partial charge in [0.1, 0.15) is 0 Å². The number of hydrogen-bond acceptors (Lipinski definition) is 2. The van der Waals surface area contributed by atoms with E-state index in [4.69, 9.17) is 5.11 Å². The van der Waals surface area contributed by atoms with E-state index < -0.39 is 18.3 Å². The zero-order chi connectivity index (χ0) is 14.0. The Hall–Kier alpha value is -2.24. The highest BCUT2D eigenvalue weighted by molar-refractivity contribution is 5.75. The second kappa shape index (κ2) is 5.17. The maximum absolute atomic E-state index is 12.6. The monoisotopic (exact) mass is 266 g/mol. The quantitative estimate of drug-likeness (QED) is 0.925. The largest absolute Gasteiger partial charge is 0.481 e. The van der Waals surface area contributed by atoms with Crippen molar-refractivity contribution < 1.29 is 18.7 Å². The maximum Gasteiger partial charge on any atom is 0.310 e. The number of rotatable bonds is 4. The van der Waals surface area contributed by atoms with Gasteiger partial charge >= 0.3 is 5.97 Å². The summed E-state index contributed by atoms with van der Waals surface area (Å²) in [5.41, 5.74) is 0.900. The molecule has 0 saturated carbocycles.